The van der Waals surface area contributed by atoms with Crippen LogP contribution >= 0.6 is 12.4 Å². The van der Waals surface area contributed by atoms with Gasteiger partial charge in [-0.3, -0.25) is 4.98 Å². The number of pyridine rings is 1. The summed E-state index contributed by atoms with van der Waals surface area (Å²) >= 11 is 0. The molecule has 0 aliphatic heterocycles. The summed E-state index contributed by atoms with van der Waals surface area (Å²) in [5, 5.41) is 4.93. The standard InChI is InChI=1S/C21H18F4N2O.ClH/c22-17-4-2-13(9-15(17)21(24)25)28-20-6-5-19(20)27-11-16-14-7-8-26-10-12(14)1-3-18(16)23;/h1-4,7-10,19-21,27H,5-6,11H2;1H/t19-,20-;/m1./s1. The van der Waals surface area contributed by atoms with Gasteiger partial charge in [-0.25, -0.2) is 17.6 Å². The average Bonchev–Trinajstić information content (AvgIpc) is 2.68. The van der Waals surface area contributed by atoms with Gasteiger partial charge in [0, 0.05) is 35.9 Å². The number of halogens is 5. The fraction of sp³-hybridized carbons (Fsp3) is 0.286. The number of rotatable bonds is 6. The van der Waals surface area contributed by atoms with E-state index in [1.54, 1.807) is 24.5 Å². The largest absolute Gasteiger partial charge is 0.489 e. The number of benzene rings is 2. The maximum absolute atomic E-state index is 14.3. The third kappa shape index (κ3) is 4.46. The lowest BCUT2D eigenvalue weighted by Crippen LogP contribution is -2.50. The minimum Gasteiger partial charge on any atom is -0.489 e. The van der Waals surface area contributed by atoms with Crippen molar-refractivity contribution in [3.8, 4) is 5.75 Å². The van der Waals surface area contributed by atoms with E-state index in [1.165, 1.54) is 12.1 Å². The molecule has 1 fully saturated rings. The maximum Gasteiger partial charge on any atom is 0.266 e. The highest BCUT2D eigenvalue weighted by molar-refractivity contribution is 5.85. The predicted molar refractivity (Wildman–Crippen MR) is 105 cm³/mol. The first-order valence-electron chi connectivity index (χ1n) is 9.01. The molecule has 0 bridgehead atoms. The number of fused-ring (bicyclic) bond motifs is 1. The minimum atomic E-state index is -2.90. The second kappa shape index (κ2) is 8.97. The highest BCUT2D eigenvalue weighted by Crippen LogP contribution is 2.31. The second-order valence-electron chi connectivity index (χ2n) is 6.83. The molecule has 1 aliphatic carbocycles. The molecule has 1 aromatic heterocycles. The van der Waals surface area contributed by atoms with Crippen LogP contribution in [-0.4, -0.2) is 17.1 Å². The van der Waals surface area contributed by atoms with Gasteiger partial charge in [-0.2, -0.15) is 0 Å². The van der Waals surface area contributed by atoms with Crippen LogP contribution in [0.4, 0.5) is 17.6 Å². The van der Waals surface area contributed by atoms with Crippen LogP contribution in [0.25, 0.3) is 10.8 Å². The summed E-state index contributed by atoms with van der Waals surface area (Å²) in [4.78, 5) is 4.05. The molecule has 154 valence electrons. The summed E-state index contributed by atoms with van der Waals surface area (Å²) in [5.74, 6) is -1.05. The molecule has 0 unspecified atom stereocenters. The van der Waals surface area contributed by atoms with Gasteiger partial charge >= 0.3 is 0 Å². The topological polar surface area (TPSA) is 34.1 Å². The summed E-state index contributed by atoms with van der Waals surface area (Å²) in [7, 11) is 0. The molecule has 4 rings (SSSR count). The molecule has 2 aromatic carbocycles. The van der Waals surface area contributed by atoms with E-state index in [-0.39, 0.29) is 36.1 Å². The van der Waals surface area contributed by atoms with E-state index in [0.717, 1.165) is 35.7 Å². The fourth-order valence-corrected chi connectivity index (χ4v) is 3.40. The smallest absolute Gasteiger partial charge is 0.266 e. The average molecular weight is 427 g/mol. The zero-order chi connectivity index (χ0) is 19.7. The molecule has 2 atom stereocenters. The summed E-state index contributed by atoms with van der Waals surface area (Å²) in [6, 6.07) is 8.19. The van der Waals surface area contributed by atoms with Crippen LogP contribution in [0.3, 0.4) is 0 Å². The van der Waals surface area contributed by atoms with Gasteiger partial charge in [0.2, 0.25) is 0 Å². The van der Waals surface area contributed by atoms with Crippen LogP contribution < -0.4 is 10.1 Å². The van der Waals surface area contributed by atoms with Crippen molar-refractivity contribution in [2.75, 3.05) is 0 Å². The van der Waals surface area contributed by atoms with Crippen molar-refractivity contribution in [1.29, 1.82) is 0 Å². The molecule has 3 nitrogen and oxygen atoms in total. The molecule has 29 heavy (non-hydrogen) atoms. The van der Waals surface area contributed by atoms with Gasteiger partial charge in [-0.15, -0.1) is 12.4 Å². The molecule has 1 heterocycles. The first-order chi connectivity index (χ1) is 13.5. The van der Waals surface area contributed by atoms with E-state index >= 15 is 0 Å². The highest BCUT2D eigenvalue weighted by atomic mass is 35.5. The minimum absolute atomic E-state index is 0. The fourth-order valence-electron chi connectivity index (χ4n) is 3.40. The van der Waals surface area contributed by atoms with Crippen molar-refractivity contribution in [3.63, 3.8) is 0 Å². The predicted octanol–water partition coefficient (Wildman–Crippen LogP) is 5.57. The first-order valence-corrected chi connectivity index (χ1v) is 9.01. The SMILES string of the molecule is Cl.Fc1ccc(O[C@@H]2CC[C@H]2NCc2c(F)ccc3cnccc23)cc1C(F)F. The van der Waals surface area contributed by atoms with Gasteiger partial charge in [0.15, 0.2) is 0 Å². The monoisotopic (exact) mass is 426 g/mol. The Hall–Kier alpha value is -2.38. The summed E-state index contributed by atoms with van der Waals surface area (Å²) in [5.41, 5.74) is -0.125. The molecule has 0 spiro atoms. The van der Waals surface area contributed by atoms with E-state index in [2.05, 4.69) is 10.3 Å². The Balaban J connectivity index is 0.00000240. The summed E-state index contributed by atoms with van der Waals surface area (Å²) in [6.07, 6.45) is 1.72. The van der Waals surface area contributed by atoms with Crippen LogP contribution in [0.5, 0.6) is 5.75 Å². The molecule has 1 saturated carbocycles. The summed E-state index contributed by atoms with van der Waals surface area (Å²) < 4.78 is 59.1. The van der Waals surface area contributed by atoms with Crippen molar-refractivity contribution in [1.82, 2.24) is 10.3 Å². The Morgan fingerprint density at radius 3 is 2.59 bits per heavy atom. The Morgan fingerprint density at radius 2 is 1.86 bits per heavy atom. The van der Waals surface area contributed by atoms with Gasteiger partial charge in [0.1, 0.15) is 23.5 Å². The number of alkyl halides is 2. The number of ether oxygens (including phenoxy) is 1. The third-order valence-corrected chi connectivity index (χ3v) is 5.12. The van der Waals surface area contributed by atoms with Crippen molar-refractivity contribution in [3.05, 3.63) is 71.6 Å². The molecular formula is C21H19ClF4N2O. The van der Waals surface area contributed by atoms with E-state index in [9.17, 15) is 17.6 Å². The first kappa shape index (κ1) is 21.3. The Labute approximate surface area is 171 Å². The van der Waals surface area contributed by atoms with Gasteiger partial charge in [-0.05, 0) is 54.6 Å². The van der Waals surface area contributed by atoms with E-state index in [4.69, 9.17) is 4.74 Å². The Bertz CT molecular complexity index is 1000. The van der Waals surface area contributed by atoms with Crippen molar-refractivity contribution >= 4 is 23.2 Å². The molecule has 1 N–H and O–H groups in total. The maximum atomic E-state index is 14.3. The van der Waals surface area contributed by atoms with Crippen molar-refractivity contribution < 1.29 is 22.3 Å². The second-order valence-corrected chi connectivity index (χ2v) is 6.83. The Morgan fingerprint density at radius 1 is 1.07 bits per heavy atom. The highest BCUT2D eigenvalue weighted by Gasteiger charge is 2.33. The van der Waals surface area contributed by atoms with Crippen molar-refractivity contribution in [2.24, 2.45) is 0 Å². The van der Waals surface area contributed by atoms with Crippen LogP contribution in [0.2, 0.25) is 0 Å². The lowest BCUT2D eigenvalue weighted by Gasteiger charge is -2.37. The zero-order valence-corrected chi connectivity index (χ0v) is 16.1. The number of hydrogen-bond donors (Lipinski definition) is 1. The van der Waals surface area contributed by atoms with E-state index in [1.807, 2.05) is 0 Å². The van der Waals surface area contributed by atoms with Crippen LogP contribution in [0, 0.1) is 11.6 Å². The lowest BCUT2D eigenvalue weighted by molar-refractivity contribution is 0.0708. The Kier molecular flexibility index (Phi) is 6.59. The molecule has 8 heteroatoms. The molecule has 3 aromatic rings. The number of nitrogens with one attached hydrogen (secondary N) is 1. The van der Waals surface area contributed by atoms with Gasteiger partial charge in [-0.1, -0.05) is 0 Å². The molecule has 0 radical (unpaired) electrons. The van der Waals surface area contributed by atoms with Crippen LogP contribution in [0.1, 0.15) is 30.4 Å². The van der Waals surface area contributed by atoms with E-state index < -0.39 is 17.8 Å². The van der Waals surface area contributed by atoms with Gasteiger partial charge < -0.3 is 10.1 Å². The number of hydrogen-bond acceptors (Lipinski definition) is 3. The lowest BCUT2D eigenvalue weighted by atomic mass is 9.88. The summed E-state index contributed by atoms with van der Waals surface area (Å²) in [6.45, 7) is 0.309. The number of nitrogens with zero attached hydrogens (tertiary/aromatic N) is 1. The molecular weight excluding hydrogens is 408 g/mol. The van der Waals surface area contributed by atoms with E-state index in [0.29, 0.717) is 12.1 Å². The normalized spacial score (nSPS) is 18.4. The quantitative estimate of drug-likeness (QED) is 0.523. The molecule has 1 aliphatic rings. The van der Waals surface area contributed by atoms with Crippen molar-refractivity contribution in [2.45, 2.75) is 38.0 Å². The van der Waals surface area contributed by atoms with Gasteiger partial charge in [0.05, 0.1) is 5.56 Å². The van der Waals surface area contributed by atoms with Crippen LogP contribution in [0.15, 0.2) is 48.8 Å². The third-order valence-electron chi connectivity index (χ3n) is 5.12. The molecule has 0 amide bonds. The zero-order valence-electron chi connectivity index (χ0n) is 15.2. The molecule has 0 saturated heterocycles. The number of aromatic nitrogens is 1. The van der Waals surface area contributed by atoms with Crippen LogP contribution in [-0.2, 0) is 6.54 Å². The van der Waals surface area contributed by atoms with Gasteiger partial charge in [0.25, 0.3) is 6.43 Å².